The van der Waals surface area contributed by atoms with Crippen molar-refractivity contribution in [3.63, 3.8) is 0 Å². The maximum absolute atomic E-state index is 13.8. The smallest absolute Gasteiger partial charge is 0.243 e. The Morgan fingerprint density at radius 1 is 1.13 bits per heavy atom. The van der Waals surface area contributed by atoms with Crippen LogP contribution in [0.1, 0.15) is 72.3 Å². The number of hydrogen-bond donors (Lipinski definition) is 1. The van der Waals surface area contributed by atoms with Gasteiger partial charge >= 0.3 is 0 Å². The maximum Gasteiger partial charge on any atom is 0.243 e. The molecule has 3 aliphatic rings. The first kappa shape index (κ1) is 22.2. The number of rotatable bonds is 4. The summed E-state index contributed by atoms with van der Waals surface area (Å²) in [6.45, 7) is 12.3. The molecule has 0 spiro atoms. The molecule has 0 aromatic carbocycles. The third-order valence-electron chi connectivity index (χ3n) is 9.00. The first-order valence-electron chi connectivity index (χ1n) is 12.0. The first-order chi connectivity index (χ1) is 14.6. The predicted octanol–water partition coefficient (Wildman–Crippen LogP) is 6.18. The number of pyridine rings is 1. The van der Waals surface area contributed by atoms with E-state index < -0.39 is 0 Å². The first-order valence-corrected chi connectivity index (χ1v) is 12.0. The Kier molecular flexibility index (Phi) is 5.87. The molecule has 5 atom stereocenters. The number of carbonyl (C=O) groups excluding carboxylic acids is 1. The number of nitrogens with one attached hydrogen (secondary N) is 1. The summed E-state index contributed by atoms with van der Waals surface area (Å²) < 4.78 is 13.8. The molecule has 1 amide bonds. The topological polar surface area (TPSA) is 42.0 Å². The normalized spacial score (nSPS) is 34.5. The average molecular weight is 425 g/mol. The lowest BCUT2D eigenvalue weighted by atomic mass is 9.54. The monoisotopic (exact) mass is 424 g/mol. The number of aromatic nitrogens is 1. The van der Waals surface area contributed by atoms with E-state index in [1.807, 2.05) is 12.3 Å². The van der Waals surface area contributed by atoms with Gasteiger partial charge in [0, 0.05) is 18.8 Å². The van der Waals surface area contributed by atoms with Gasteiger partial charge in [0.25, 0.3) is 0 Å². The van der Waals surface area contributed by atoms with E-state index in [9.17, 15) is 9.18 Å². The fourth-order valence-corrected chi connectivity index (χ4v) is 6.59. The van der Waals surface area contributed by atoms with Crippen LogP contribution in [0.25, 0.3) is 5.57 Å². The molecule has 1 aliphatic heterocycles. The van der Waals surface area contributed by atoms with Crippen LogP contribution in [0.15, 0.2) is 36.2 Å². The molecule has 1 fully saturated rings. The van der Waals surface area contributed by atoms with E-state index in [-0.39, 0.29) is 22.6 Å². The Balaban J connectivity index is 1.61. The van der Waals surface area contributed by atoms with Crippen LogP contribution < -0.4 is 5.32 Å². The zero-order chi connectivity index (χ0) is 22.4. The van der Waals surface area contributed by atoms with E-state index in [2.05, 4.69) is 51.0 Å². The highest BCUT2D eigenvalue weighted by molar-refractivity contribution is 5.88. The lowest BCUT2D eigenvalue weighted by Gasteiger charge is -2.50. The predicted molar refractivity (Wildman–Crippen MR) is 124 cm³/mol. The summed E-state index contributed by atoms with van der Waals surface area (Å²) in [6, 6.07) is 1.63. The molecule has 0 bridgehead atoms. The quantitative estimate of drug-likeness (QED) is 0.627. The van der Waals surface area contributed by atoms with Crippen LogP contribution in [-0.2, 0) is 4.79 Å². The molecule has 1 N–H and O–H groups in total. The van der Waals surface area contributed by atoms with Crippen molar-refractivity contribution in [1.29, 1.82) is 0 Å². The van der Waals surface area contributed by atoms with Crippen molar-refractivity contribution in [1.82, 2.24) is 10.3 Å². The van der Waals surface area contributed by atoms with Gasteiger partial charge in [-0.1, -0.05) is 46.3 Å². The van der Waals surface area contributed by atoms with Crippen LogP contribution in [0.3, 0.4) is 0 Å². The second kappa shape index (κ2) is 8.18. The highest BCUT2D eigenvalue weighted by atomic mass is 19.1. The van der Waals surface area contributed by atoms with Crippen molar-refractivity contribution >= 4 is 11.5 Å². The maximum atomic E-state index is 13.8. The van der Waals surface area contributed by atoms with Crippen molar-refractivity contribution in [2.24, 2.45) is 34.5 Å². The molecule has 2 aliphatic carbocycles. The Bertz CT molecular complexity index is 920. The zero-order valence-corrected chi connectivity index (χ0v) is 19.7. The minimum absolute atomic E-state index is 0.0351. The molecule has 1 aromatic rings. The van der Waals surface area contributed by atoms with Gasteiger partial charge in [-0.25, -0.2) is 4.39 Å². The number of allylic oxidation sites excluding steroid dienone is 3. The minimum atomic E-state index is -0.264. The largest absolute Gasteiger partial charge is 0.353 e. The van der Waals surface area contributed by atoms with Crippen molar-refractivity contribution < 1.29 is 9.18 Å². The van der Waals surface area contributed by atoms with Crippen LogP contribution in [0.2, 0.25) is 0 Å². The molecular formula is C27H37FN2O. The number of carbonyl (C=O) groups is 1. The Labute approximate surface area is 186 Å². The van der Waals surface area contributed by atoms with Crippen LogP contribution in [0, 0.1) is 40.3 Å². The number of halogens is 1. The lowest BCUT2D eigenvalue weighted by Crippen LogP contribution is -2.41. The fourth-order valence-electron chi connectivity index (χ4n) is 6.59. The summed E-state index contributed by atoms with van der Waals surface area (Å²) >= 11 is 0. The van der Waals surface area contributed by atoms with Gasteiger partial charge in [-0.15, -0.1) is 0 Å². The average Bonchev–Trinajstić information content (AvgIpc) is 2.98. The van der Waals surface area contributed by atoms with Crippen LogP contribution in [0.5, 0.6) is 0 Å². The van der Waals surface area contributed by atoms with Crippen molar-refractivity contribution in [3.05, 3.63) is 47.6 Å². The molecule has 2 heterocycles. The van der Waals surface area contributed by atoms with Crippen LogP contribution in [0.4, 0.5) is 4.39 Å². The fraction of sp³-hybridized carbons (Fsp3) is 0.630. The van der Waals surface area contributed by atoms with Crippen molar-refractivity contribution in [3.8, 4) is 0 Å². The van der Waals surface area contributed by atoms with Gasteiger partial charge in [-0.05, 0) is 83.8 Å². The van der Waals surface area contributed by atoms with E-state index in [0.29, 0.717) is 23.7 Å². The summed E-state index contributed by atoms with van der Waals surface area (Å²) in [7, 11) is 0. The Morgan fingerprint density at radius 2 is 1.90 bits per heavy atom. The van der Waals surface area contributed by atoms with Gasteiger partial charge in [-0.3, -0.25) is 9.78 Å². The molecule has 168 valence electrons. The number of hydrogen-bond acceptors (Lipinski definition) is 2. The molecule has 31 heavy (non-hydrogen) atoms. The second-order valence-corrected chi connectivity index (χ2v) is 10.9. The molecule has 1 aromatic heterocycles. The standard InChI is InChI=1S/C27H37FN2O/c1-17(2)18(3)24-14-25(31)30-11-10-27(24,5)21-8-9-26(4)20(13-21)6-7-23(26)19-12-22(28)16-29-15-19/h7,12,14-18,20-21H,6,8-11,13H2,1-5H3,(H,30,31)/t18?,20-,21-,26-,27+/m0/s1. The molecule has 1 saturated carbocycles. The van der Waals surface area contributed by atoms with E-state index >= 15 is 0 Å². The molecule has 1 unspecified atom stereocenters. The highest BCUT2D eigenvalue weighted by Gasteiger charge is 2.51. The molecule has 4 heteroatoms. The lowest BCUT2D eigenvalue weighted by molar-refractivity contribution is -0.116. The summed E-state index contributed by atoms with van der Waals surface area (Å²) in [5, 5.41) is 3.08. The number of fused-ring (bicyclic) bond motifs is 1. The van der Waals surface area contributed by atoms with Gasteiger partial charge in [0.05, 0.1) is 6.20 Å². The molecule has 3 nitrogen and oxygen atoms in total. The number of nitrogens with zero attached hydrogens (tertiary/aromatic N) is 1. The van der Waals surface area contributed by atoms with Gasteiger partial charge in [-0.2, -0.15) is 0 Å². The highest BCUT2D eigenvalue weighted by Crippen LogP contribution is 2.61. The number of amides is 1. The van der Waals surface area contributed by atoms with Gasteiger partial charge in [0.15, 0.2) is 0 Å². The zero-order valence-electron chi connectivity index (χ0n) is 19.7. The van der Waals surface area contributed by atoms with Gasteiger partial charge in [0.1, 0.15) is 5.82 Å². The molecule has 0 saturated heterocycles. The van der Waals surface area contributed by atoms with E-state index in [0.717, 1.165) is 44.2 Å². The third kappa shape index (κ3) is 3.87. The van der Waals surface area contributed by atoms with Gasteiger partial charge in [0.2, 0.25) is 5.91 Å². The van der Waals surface area contributed by atoms with E-state index in [1.54, 1.807) is 6.07 Å². The SMILES string of the molecule is CC(C)C(C)C1=CC(=O)NCC[C@]1(C)[C@H]1CC[C@]2(C)C(c3cncc(F)c3)=CC[C@H]2C1. The summed E-state index contributed by atoms with van der Waals surface area (Å²) in [5.74, 6) is 1.81. The van der Waals surface area contributed by atoms with E-state index in [1.165, 1.54) is 17.3 Å². The second-order valence-electron chi connectivity index (χ2n) is 10.9. The van der Waals surface area contributed by atoms with Crippen LogP contribution in [-0.4, -0.2) is 17.4 Å². The summed E-state index contributed by atoms with van der Waals surface area (Å²) in [4.78, 5) is 16.5. The van der Waals surface area contributed by atoms with E-state index in [4.69, 9.17) is 0 Å². The molecular weight excluding hydrogens is 387 g/mol. The third-order valence-corrected chi connectivity index (χ3v) is 9.00. The minimum Gasteiger partial charge on any atom is -0.353 e. The molecule has 0 radical (unpaired) electrons. The van der Waals surface area contributed by atoms with Crippen molar-refractivity contribution in [2.75, 3.05) is 6.54 Å². The van der Waals surface area contributed by atoms with Crippen LogP contribution >= 0.6 is 0 Å². The Morgan fingerprint density at radius 3 is 2.61 bits per heavy atom. The van der Waals surface area contributed by atoms with Gasteiger partial charge < -0.3 is 5.32 Å². The Hall–Kier alpha value is -1.97. The summed E-state index contributed by atoms with van der Waals surface area (Å²) in [5.41, 5.74) is 3.67. The molecule has 4 rings (SSSR count). The summed E-state index contributed by atoms with van der Waals surface area (Å²) in [6.07, 6.45) is 12.8. The van der Waals surface area contributed by atoms with Crippen molar-refractivity contribution in [2.45, 2.75) is 66.7 Å².